The van der Waals surface area contributed by atoms with Crippen LogP contribution >= 0.6 is 11.8 Å². The van der Waals surface area contributed by atoms with Gasteiger partial charge in [0.15, 0.2) is 5.16 Å². The van der Waals surface area contributed by atoms with Crippen LogP contribution in [0.5, 0.6) is 0 Å². The van der Waals surface area contributed by atoms with Gasteiger partial charge in [0.25, 0.3) is 5.89 Å². The molecule has 0 radical (unpaired) electrons. The Labute approximate surface area is 121 Å². The highest BCUT2D eigenvalue weighted by molar-refractivity contribution is 7.99. The fourth-order valence-electron chi connectivity index (χ4n) is 1.98. The predicted octanol–water partition coefficient (Wildman–Crippen LogP) is 3.09. The van der Waals surface area contributed by atoms with Crippen molar-refractivity contribution in [3.63, 3.8) is 0 Å². The molecule has 0 atom stereocenters. The lowest BCUT2D eigenvalue weighted by Gasteiger charge is -2.09. The highest BCUT2D eigenvalue weighted by atomic mass is 32.2. The van der Waals surface area contributed by atoms with Crippen LogP contribution in [0.3, 0.4) is 0 Å². The highest BCUT2D eigenvalue weighted by Gasteiger charge is 2.15. The summed E-state index contributed by atoms with van der Waals surface area (Å²) in [6, 6.07) is 10.3. The summed E-state index contributed by atoms with van der Waals surface area (Å²) in [7, 11) is 0. The third-order valence-electron chi connectivity index (χ3n) is 2.86. The maximum atomic E-state index is 5.30. The van der Waals surface area contributed by atoms with Crippen molar-refractivity contribution in [1.29, 1.82) is 0 Å². The minimum Gasteiger partial charge on any atom is -0.422 e. The first-order valence-electron chi connectivity index (χ1n) is 6.37. The Morgan fingerprint density at radius 1 is 1.25 bits per heavy atom. The number of nitrogens with zero attached hydrogens (tertiary/aromatic N) is 4. The van der Waals surface area contributed by atoms with E-state index in [1.807, 2.05) is 18.2 Å². The van der Waals surface area contributed by atoms with E-state index in [0.29, 0.717) is 5.89 Å². The van der Waals surface area contributed by atoms with Gasteiger partial charge in [0.1, 0.15) is 5.69 Å². The molecule has 0 saturated heterocycles. The van der Waals surface area contributed by atoms with Crippen molar-refractivity contribution < 1.29 is 4.42 Å². The second-order valence-corrected chi connectivity index (χ2v) is 5.41. The van der Waals surface area contributed by atoms with E-state index in [2.05, 4.69) is 38.8 Å². The van der Waals surface area contributed by atoms with Gasteiger partial charge in [-0.1, -0.05) is 49.0 Å². The Morgan fingerprint density at radius 3 is 2.80 bits per heavy atom. The predicted molar refractivity (Wildman–Crippen MR) is 77.5 cm³/mol. The summed E-state index contributed by atoms with van der Waals surface area (Å²) in [4.78, 5) is 4.46. The fraction of sp³-hybridized carbons (Fsp3) is 0.214. The zero-order chi connectivity index (χ0) is 13.8. The van der Waals surface area contributed by atoms with Gasteiger partial charge in [-0.05, 0) is 11.3 Å². The zero-order valence-electron chi connectivity index (χ0n) is 11.1. The molecule has 0 saturated carbocycles. The molecule has 6 heteroatoms. The first-order valence-corrected chi connectivity index (χ1v) is 7.36. The topological polar surface area (TPSA) is 56.7 Å². The van der Waals surface area contributed by atoms with Crippen molar-refractivity contribution >= 4 is 11.8 Å². The van der Waals surface area contributed by atoms with Gasteiger partial charge in [-0.25, -0.2) is 4.98 Å². The summed E-state index contributed by atoms with van der Waals surface area (Å²) in [5.41, 5.74) is 2.06. The van der Waals surface area contributed by atoms with Crippen LogP contribution in [-0.4, -0.2) is 25.5 Å². The van der Waals surface area contributed by atoms with Crippen molar-refractivity contribution in [2.24, 2.45) is 0 Å². The van der Waals surface area contributed by atoms with Crippen LogP contribution in [0.4, 0.5) is 0 Å². The van der Waals surface area contributed by atoms with E-state index in [0.717, 1.165) is 23.1 Å². The van der Waals surface area contributed by atoms with Crippen LogP contribution in [0.1, 0.15) is 12.5 Å². The van der Waals surface area contributed by atoms with E-state index in [1.165, 1.54) is 12.0 Å². The second-order valence-electron chi connectivity index (χ2n) is 4.17. The van der Waals surface area contributed by atoms with Crippen molar-refractivity contribution in [2.75, 3.05) is 5.75 Å². The molecule has 20 heavy (non-hydrogen) atoms. The van der Waals surface area contributed by atoms with E-state index in [1.54, 1.807) is 18.0 Å². The maximum Gasteiger partial charge on any atom is 0.265 e. The molecule has 0 N–H and O–H groups in total. The molecule has 3 rings (SSSR count). The number of imidazole rings is 1. The number of hydrogen-bond acceptors (Lipinski definition) is 5. The summed E-state index contributed by atoms with van der Waals surface area (Å²) in [5, 5.41) is 8.68. The van der Waals surface area contributed by atoms with Gasteiger partial charge in [-0.2, -0.15) is 0 Å². The smallest absolute Gasteiger partial charge is 0.265 e. The molecule has 3 aromatic rings. The Hall–Kier alpha value is -2.08. The number of benzene rings is 1. The molecule has 102 valence electrons. The molecule has 5 nitrogen and oxygen atoms in total. The third-order valence-corrected chi connectivity index (χ3v) is 3.73. The van der Waals surface area contributed by atoms with Crippen LogP contribution in [0.2, 0.25) is 0 Å². The lowest BCUT2D eigenvalue weighted by Crippen LogP contribution is -2.03. The summed E-state index contributed by atoms with van der Waals surface area (Å²) in [5.74, 6) is 1.46. The van der Waals surface area contributed by atoms with Gasteiger partial charge in [-0.3, -0.25) is 0 Å². The Kier molecular flexibility index (Phi) is 3.83. The summed E-state index contributed by atoms with van der Waals surface area (Å²) < 4.78 is 7.41. The number of rotatable bonds is 5. The molecule has 0 aliphatic heterocycles. The molecule has 0 aliphatic carbocycles. The first kappa shape index (κ1) is 12.9. The Bertz CT molecular complexity index is 664. The standard InChI is InChI=1S/C14H14N4OS/c1-2-20-14-15-8-12(13-17-16-10-19-13)18(14)9-11-6-4-3-5-7-11/h3-8,10H,2,9H2,1H3. The zero-order valence-corrected chi connectivity index (χ0v) is 11.9. The van der Waals surface area contributed by atoms with E-state index < -0.39 is 0 Å². The molecule has 2 aromatic heterocycles. The third kappa shape index (κ3) is 2.60. The SMILES string of the molecule is CCSc1ncc(-c2nnco2)n1Cc1ccccc1. The average molecular weight is 286 g/mol. The number of hydrogen-bond donors (Lipinski definition) is 0. The van der Waals surface area contributed by atoms with Gasteiger partial charge in [0.05, 0.1) is 12.7 Å². The van der Waals surface area contributed by atoms with Crippen LogP contribution in [0.25, 0.3) is 11.6 Å². The van der Waals surface area contributed by atoms with Crippen LogP contribution in [0, 0.1) is 0 Å². The minimum absolute atomic E-state index is 0.497. The molecule has 0 unspecified atom stereocenters. The highest BCUT2D eigenvalue weighted by Crippen LogP contribution is 2.25. The van der Waals surface area contributed by atoms with E-state index >= 15 is 0 Å². The van der Waals surface area contributed by atoms with Crippen LogP contribution < -0.4 is 0 Å². The molecular formula is C14H14N4OS. The lowest BCUT2D eigenvalue weighted by atomic mass is 10.2. The van der Waals surface area contributed by atoms with Crippen molar-refractivity contribution in [1.82, 2.24) is 19.7 Å². The minimum atomic E-state index is 0.497. The molecule has 0 fully saturated rings. The van der Waals surface area contributed by atoms with E-state index in [4.69, 9.17) is 4.42 Å². The average Bonchev–Trinajstić information content (AvgIpc) is 3.11. The van der Waals surface area contributed by atoms with Gasteiger partial charge in [0, 0.05) is 0 Å². The number of aromatic nitrogens is 4. The van der Waals surface area contributed by atoms with Crippen LogP contribution in [-0.2, 0) is 6.54 Å². The van der Waals surface area contributed by atoms with E-state index in [-0.39, 0.29) is 0 Å². The maximum absolute atomic E-state index is 5.30. The fourth-order valence-corrected chi connectivity index (χ4v) is 2.68. The molecule has 0 bridgehead atoms. The van der Waals surface area contributed by atoms with Crippen molar-refractivity contribution in [3.05, 3.63) is 48.5 Å². The molecule has 0 aliphatic rings. The van der Waals surface area contributed by atoms with Gasteiger partial charge < -0.3 is 8.98 Å². The molecular weight excluding hydrogens is 272 g/mol. The van der Waals surface area contributed by atoms with Crippen molar-refractivity contribution in [3.8, 4) is 11.6 Å². The van der Waals surface area contributed by atoms with Crippen LogP contribution in [0.15, 0.2) is 52.5 Å². The van der Waals surface area contributed by atoms with Gasteiger partial charge >= 0.3 is 0 Å². The Balaban J connectivity index is 2.00. The summed E-state index contributed by atoms with van der Waals surface area (Å²) >= 11 is 1.70. The molecule has 0 amide bonds. The quantitative estimate of drug-likeness (QED) is 0.675. The monoisotopic (exact) mass is 286 g/mol. The largest absolute Gasteiger partial charge is 0.422 e. The molecule has 2 heterocycles. The van der Waals surface area contributed by atoms with Gasteiger partial charge in [0.2, 0.25) is 6.39 Å². The summed E-state index contributed by atoms with van der Waals surface area (Å²) in [6.07, 6.45) is 3.12. The molecule has 1 aromatic carbocycles. The first-order chi connectivity index (χ1) is 9.88. The lowest BCUT2D eigenvalue weighted by molar-refractivity contribution is 0.558. The number of thioether (sulfide) groups is 1. The Morgan fingerprint density at radius 2 is 2.10 bits per heavy atom. The van der Waals surface area contributed by atoms with E-state index in [9.17, 15) is 0 Å². The van der Waals surface area contributed by atoms with Crippen molar-refractivity contribution in [2.45, 2.75) is 18.6 Å². The normalized spacial score (nSPS) is 10.8. The van der Waals surface area contributed by atoms with Gasteiger partial charge in [-0.15, -0.1) is 10.2 Å². The second kappa shape index (κ2) is 5.92. The summed E-state index contributed by atoms with van der Waals surface area (Å²) in [6.45, 7) is 2.85. The molecule has 0 spiro atoms.